The standard InChI is InChI=1S/C27H26N4O4S2/c1-18-5-7-19(8-6-18)17-31-25(33)21(37-26(31)36)16-20-23(28-22-4-2-3-11-30(22)24(20)32)29-12-9-27(10-13-29)34-14-15-35-27/h2-8,11,16H,9-10,12-15,17H2,1H3/b21-16+. The Bertz CT molecular complexity index is 1470. The number of hydrogen-bond acceptors (Lipinski definition) is 8. The number of piperidine rings is 1. The molecule has 6 rings (SSSR count). The molecular formula is C27H26N4O4S2. The maximum atomic E-state index is 13.7. The fourth-order valence-corrected chi connectivity index (χ4v) is 6.18. The third kappa shape index (κ3) is 4.59. The second kappa shape index (κ2) is 9.68. The normalized spacial score (nSPS) is 20.6. The third-order valence-electron chi connectivity index (χ3n) is 7.00. The lowest BCUT2D eigenvalue weighted by Crippen LogP contribution is -2.46. The molecule has 0 bridgehead atoms. The number of aromatic nitrogens is 2. The van der Waals surface area contributed by atoms with Crippen molar-refractivity contribution in [2.45, 2.75) is 32.1 Å². The van der Waals surface area contributed by atoms with E-state index in [9.17, 15) is 9.59 Å². The third-order valence-corrected chi connectivity index (χ3v) is 8.38. The van der Waals surface area contributed by atoms with Gasteiger partial charge in [0.15, 0.2) is 5.79 Å². The number of carbonyl (C=O) groups is 1. The first-order chi connectivity index (χ1) is 17.9. The van der Waals surface area contributed by atoms with Crippen molar-refractivity contribution in [2.24, 2.45) is 0 Å². The van der Waals surface area contributed by atoms with Crippen LogP contribution in [0.1, 0.15) is 29.5 Å². The lowest BCUT2D eigenvalue weighted by Gasteiger charge is -2.38. The van der Waals surface area contributed by atoms with Crippen LogP contribution in [0, 0.1) is 6.92 Å². The Hall–Kier alpha value is -3.05. The summed E-state index contributed by atoms with van der Waals surface area (Å²) in [5, 5.41) is 0. The molecule has 0 saturated carbocycles. The molecule has 0 aliphatic carbocycles. The van der Waals surface area contributed by atoms with Gasteiger partial charge in [-0.2, -0.15) is 0 Å². The molecular weight excluding hydrogens is 508 g/mol. The molecule has 3 aliphatic rings. The number of aryl methyl sites for hydroxylation is 1. The molecule has 1 spiro atoms. The number of benzene rings is 1. The van der Waals surface area contributed by atoms with Crippen LogP contribution in [0.2, 0.25) is 0 Å². The van der Waals surface area contributed by atoms with Gasteiger partial charge in [-0.1, -0.05) is 59.9 Å². The van der Waals surface area contributed by atoms with Gasteiger partial charge in [0, 0.05) is 32.1 Å². The van der Waals surface area contributed by atoms with Gasteiger partial charge in [0.1, 0.15) is 15.8 Å². The van der Waals surface area contributed by atoms with Crippen molar-refractivity contribution in [1.82, 2.24) is 14.3 Å². The summed E-state index contributed by atoms with van der Waals surface area (Å²) in [6.45, 7) is 4.87. The molecule has 1 aromatic carbocycles. The second-order valence-electron chi connectivity index (χ2n) is 9.43. The van der Waals surface area contributed by atoms with Gasteiger partial charge in [0.2, 0.25) is 0 Å². The van der Waals surface area contributed by atoms with E-state index in [1.165, 1.54) is 16.2 Å². The van der Waals surface area contributed by atoms with E-state index in [1.807, 2.05) is 43.3 Å². The van der Waals surface area contributed by atoms with Gasteiger partial charge in [-0.25, -0.2) is 4.98 Å². The minimum atomic E-state index is -0.541. The minimum Gasteiger partial charge on any atom is -0.355 e. The summed E-state index contributed by atoms with van der Waals surface area (Å²) in [5.41, 5.74) is 2.86. The Kier molecular flexibility index (Phi) is 6.36. The fourth-order valence-electron chi connectivity index (χ4n) is 4.95. The van der Waals surface area contributed by atoms with Crippen LogP contribution in [0.3, 0.4) is 0 Å². The van der Waals surface area contributed by atoms with Crippen LogP contribution in [0.15, 0.2) is 58.4 Å². The van der Waals surface area contributed by atoms with Gasteiger partial charge in [0.25, 0.3) is 11.5 Å². The van der Waals surface area contributed by atoms with Gasteiger partial charge in [-0.15, -0.1) is 0 Å². The van der Waals surface area contributed by atoms with Crippen LogP contribution in [0.4, 0.5) is 5.82 Å². The van der Waals surface area contributed by atoms with Crippen molar-refractivity contribution in [3.8, 4) is 0 Å². The van der Waals surface area contributed by atoms with E-state index in [4.69, 9.17) is 26.7 Å². The highest BCUT2D eigenvalue weighted by Gasteiger charge is 2.41. The van der Waals surface area contributed by atoms with Crippen molar-refractivity contribution in [1.29, 1.82) is 0 Å². The monoisotopic (exact) mass is 534 g/mol. The molecule has 1 amide bonds. The highest BCUT2D eigenvalue weighted by atomic mass is 32.2. The zero-order valence-electron chi connectivity index (χ0n) is 20.4. The zero-order valence-corrected chi connectivity index (χ0v) is 22.0. The summed E-state index contributed by atoms with van der Waals surface area (Å²) in [6.07, 6.45) is 4.72. The molecule has 3 aliphatic heterocycles. The molecule has 5 heterocycles. The number of pyridine rings is 1. The number of nitrogens with zero attached hydrogens (tertiary/aromatic N) is 4. The lowest BCUT2D eigenvalue weighted by atomic mass is 10.0. The highest BCUT2D eigenvalue weighted by molar-refractivity contribution is 8.26. The van der Waals surface area contributed by atoms with Crippen LogP contribution in [-0.2, 0) is 20.8 Å². The van der Waals surface area contributed by atoms with Gasteiger partial charge < -0.3 is 14.4 Å². The summed E-state index contributed by atoms with van der Waals surface area (Å²) in [4.78, 5) is 36.0. The Balaban J connectivity index is 1.35. The summed E-state index contributed by atoms with van der Waals surface area (Å²) in [7, 11) is 0. The van der Waals surface area contributed by atoms with E-state index in [0.717, 1.165) is 11.1 Å². The van der Waals surface area contributed by atoms with Crippen molar-refractivity contribution < 1.29 is 14.3 Å². The number of thiocarbonyl (C=S) groups is 1. The molecule has 8 nitrogen and oxygen atoms in total. The first kappa shape index (κ1) is 24.3. The Labute approximate surface area is 223 Å². The largest absolute Gasteiger partial charge is 0.355 e. The van der Waals surface area contributed by atoms with Crippen LogP contribution in [0.5, 0.6) is 0 Å². The number of rotatable bonds is 4. The first-order valence-corrected chi connectivity index (χ1v) is 13.5. The van der Waals surface area contributed by atoms with Crippen molar-refractivity contribution >= 4 is 51.7 Å². The van der Waals surface area contributed by atoms with Gasteiger partial charge in [0.05, 0.1) is 30.2 Å². The summed E-state index contributed by atoms with van der Waals surface area (Å²) >= 11 is 6.77. The van der Waals surface area contributed by atoms with E-state index in [0.29, 0.717) is 71.9 Å². The summed E-state index contributed by atoms with van der Waals surface area (Å²) in [6, 6.07) is 13.5. The number of anilines is 1. The van der Waals surface area contributed by atoms with Crippen LogP contribution in [-0.4, -0.2) is 56.6 Å². The average molecular weight is 535 g/mol. The van der Waals surface area contributed by atoms with Crippen molar-refractivity contribution in [3.63, 3.8) is 0 Å². The molecule has 0 atom stereocenters. The quantitative estimate of drug-likeness (QED) is 0.370. The van der Waals surface area contributed by atoms with Gasteiger partial charge in [-0.3, -0.25) is 18.9 Å². The van der Waals surface area contributed by atoms with Crippen molar-refractivity contribution in [2.75, 3.05) is 31.2 Å². The number of hydrogen-bond donors (Lipinski definition) is 0. The van der Waals surface area contributed by atoms with Gasteiger partial charge in [-0.05, 0) is 30.7 Å². The average Bonchev–Trinajstić information content (AvgIpc) is 3.47. The Morgan fingerprint density at radius 2 is 1.81 bits per heavy atom. The number of fused-ring (bicyclic) bond motifs is 1. The summed E-state index contributed by atoms with van der Waals surface area (Å²) < 4.78 is 13.7. The van der Waals surface area contributed by atoms with E-state index < -0.39 is 5.79 Å². The van der Waals surface area contributed by atoms with E-state index >= 15 is 0 Å². The lowest BCUT2D eigenvalue weighted by molar-refractivity contribution is -0.169. The van der Waals surface area contributed by atoms with Crippen LogP contribution >= 0.6 is 24.0 Å². The van der Waals surface area contributed by atoms with Crippen LogP contribution in [0.25, 0.3) is 11.7 Å². The molecule has 190 valence electrons. The summed E-state index contributed by atoms with van der Waals surface area (Å²) in [5.74, 6) is -0.182. The number of amides is 1. The maximum Gasteiger partial charge on any atom is 0.267 e. The van der Waals surface area contributed by atoms with E-state index in [-0.39, 0.29) is 11.5 Å². The number of ether oxygens (including phenoxy) is 2. The van der Waals surface area contributed by atoms with Crippen LogP contribution < -0.4 is 10.5 Å². The second-order valence-corrected chi connectivity index (χ2v) is 11.1. The zero-order chi connectivity index (χ0) is 25.6. The molecule has 3 aromatic rings. The molecule has 10 heteroatoms. The Morgan fingerprint density at radius 1 is 1.08 bits per heavy atom. The predicted octanol–water partition coefficient (Wildman–Crippen LogP) is 3.75. The predicted molar refractivity (Wildman–Crippen MR) is 147 cm³/mol. The first-order valence-electron chi connectivity index (χ1n) is 12.3. The SMILES string of the molecule is Cc1ccc(CN2C(=O)/C(=C\c3c(N4CCC5(CC4)OCCO5)nc4ccccn4c3=O)SC2=S)cc1. The van der Waals surface area contributed by atoms with E-state index in [2.05, 4.69) is 4.90 Å². The van der Waals surface area contributed by atoms with Gasteiger partial charge >= 0.3 is 0 Å². The van der Waals surface area contributed by atoms with E-state index in [1.54, 1.807) is 23.2 Å². The molecule has 0 unspecified atom stereocenters. The fraction of sp³-hybridized carbons (Fsp3) is 0.333. The molecule has 2 aromatic heterocycles. The molecule has 3 fully saturated rings. The molecule has 3 saturated heterocycles. The minimum absolute atomic E-state index is 0.204. The van der Waals surface area contributed by atoms with Crippen molar-refractivity contribution in [3.05, 3.63) is 80.6 Å². The molecule has 0 N–H and O–H groups in total. The Morgan fingerprint density at radius 3 is 2.54 bits per heavy atom. The number of thioether (sulfide) groups is 1. The highest BCUT2D eigenvalue weighted by Crippen LogP contribution is 2.36. The molecule has 0 radical (unpaired) electrons. The maximum absolute atomic E-state index is 13.7. The molecule has 37 heavy (non-hydrogen) atoms. The number of carbonyl (C=O) groups excluding carboxylic acids is 1. The smallest absolute Gasteiger partial charge is 0.267 e. The topological polar surface area (TPSA) is 76.4 Å².